The number of hydrogen-bond donors (Lipinski definition) is 7. The van der Waals surface area contributed by atoms with Crippen LogP contribution in [0.25, 0.3) is 66.1 Å². The van der Waals surface area contributed by atoms with E-state index in [0.717, 1.165) is 162 Å². The average molecular weight is 1370 g/mol. The van der Waals surface area contributed by atoms with Crippen molar-refractivity contribution in [2.45, 2.75) is 0 Å². The molecule has 0 unspecified atom stereocenters. The molecular weight excluding hydrogens is 1290 g/mol. The van der Waals surface area contributed by atoms with Crippen molar-refractivity contribution in [3.05, 3.63) is 239 Å². The minimum absolute atomic E-state index is 0.283. The largest absolute Gasteiger partial charge is 0.378 e. The Kier molecular flexibility index (Phi) is 21.9. The second kappa shape index (κ2) is 32.8. The highest BCUT2D eigenvalue weighted by molar-refractivity contribution is 6.02. The number of nitrogens with zero attached hydrogens (tertiary/aromatic N) is 13. The topological polar surface area (TPSA) is 274 Å². The Morgan fingerprint density at radius 1 is 0.398 bits per heavy atom. The monoisotopic (exact) mass is 1370 g/mol. The first-order valence-electron chi connectivity index (χ1n) is 33.7. The molecule has 0 saturated carbocycles. The molecular formula is C79H76N20O4. The lowest BCUT2D eigenvalue weighted by Crippen LogP contribution is -2.44. The van der Waals surface area contributed by atoms with Crippen LogP contribution >= 0.6 is 0 Å². The molecule has 6 aromatic heterocycles. The van der Waals surface area contributed by atoms with Crippen LogP contribution < -0.4 is 51.9 Å². The number of morpholine rings is 1. The van der Waals surface area contributed by atoms with Gasteiger partial charge in [0, 0.05) is 186 Å². The molecule has 3 aliphatic rings. The van der Waals surface area contributed by atoms with Crippen LogP contribution in [0.15, 0.2) is 239 Å². The van der Waals surface area contributed by atoms with Crippen molar-refractivity contribution in [1.29, 1.82) is 0 Å². The number of fused-ring (bicyclic) bond motifs is 3. The van der Waals surface area contributed by atoms with Gasteiger partial charge in [-0.1, -0.05) is 74.3 Å². The summed E-state index contributed by atoms with van der Waals surface area (Å²) in [6.45, 7) is 22.0. The number of para-hydroxylation sites is 3. The predicted molar refractivity (Wildman–Crippen MR) is 412 cm³/mol. The zero-order valence-electron chi connectivity index (χ0n) is 56.8. The van der Waals surface area contributed by atoms with Crippen LogP contribution in [0.4, 0.5) is 69.0 Å². The first-order chi connectivity index (χ1) is 50.5. The van der Waals surface area contributed by atoms with E-state index in [1.807, 2.05) is 103 Å². The lowest BCUT2D eigenvalue weighted by atomic mass is 10.0. The normalized spacial score (nSPS) is 13.7. The number of hydrogen-bond acceptors (Lipinski definition) is 21. The molecule has 0 radical (unpaired) electrons. The molecule has 103 heavy (non-hydrogen) atoms. The van der Waals surface area contributed by atoms with Gasteiger partial charge in [0.15, 0.2) is 0 Å². The van der Waals surface area contributed by atoms with Gasteiger partial charge in [-0.15, -0.1) is 0 Å². The van der Waals surface area contributed by atoms with E-state index >= 15 is 0 Å². The molecule has 24 nitrogen and oxygen atoms in total. The number of carbonyl (C=O) groups excluding carboxylic acids is 3. The Labute approximate surface area is 595 Å². The van der Waals surface area contributed by atoms with E-state index in [1.165, 1.54) is 35.3 Å². The Bertz CT molecular complexity index is 4810. The molecule has 516 valence electrons. The smallest absolute Gasteiger partial charge is 0.247 e. The van der Waals surface area contributed by atoms with Crippen molar-refractivity contribution in [1.82, 2.24) is 55.1 Å². The zero-order chi connectivity index (χ0) is 70.9. The molecule has 3 saturated heterocycles. The van der Waals surface area contributed by atoms with Gasteiger partial charge in [-0.25, -0.2) is 29.9 Å². The number of nitrogens with one attached hydrogen (secondary N) is 7. The Morgan fingerprint density at radius 2 is 0.728 bits per heavy atom. The van der Waals surface area contributed by atoms with Gasteiger partial charge in [-0.2, -0.15) is 0 Å². The molecule has 24 heteroatoms. The van der Waals surface area contributed by atoms with Gasteiger partial charge in [0.1, 0.15) is 0 Å². The number of carbonyl (C=O) groups is 3. The van der Waals surface area contributed by atoms with E-state index in [0.29, 0.717) is 34.9 Å². The Hall–Kier alpha value is -12.9. The highest BCUT2D eigenvalue weighted by Gasteiger charge is 2.18. The lowest BCUT2D eigenvalue weighted by Gasteiger charge is -2.34. The van der Waals surface area contributed by atoms with Crippen LogP contribution in [0.5, 0.6) is 0 Å². The molecule has 3 aliphatic heterocycles. The molecule has 3 amide bonds. The van der Waals surface area contributed by atoms with Gasteiger partial charge in [0.2, 0.25) is 35.6 Å². The summed E-state index contributed by atoms with van der Waals surface area (Å²) in [5, 5.41) is 24.3. The molecule has 0 aliphatic carbocycles. The third-order valence-corrected chi connectivity index (χ3v) is 17.4. The van der Waals surface area contributed by atoms with Crippen LogP contribution in [-0.4, -0.2) is 153 Å². The highest BCUT2D eigenvalue weighted by Crippen LogP contribution is 2.34. The fourth-order valence-corrected chi connectivity index (χ4v) is 12.1. The second-order valence-electron chi connectivity index (χ2n) is 24.4. The van der Waals surface area contributed by atoms with Crippen LogP contribution in [0, 0.1) is 0 Å². The van der Waals surface area contributed by atoms with Crippen molar-refractivity contribution in [3.63, 3.8) is 0 Å². The number of anilines is 12. The summed E-state index contributed by atoms with van der Waals surface area (Å²) in [6.07, 6.45) is 19.1. The van der Waals surface area contributed by atoms with Gasteiger partial charge in [0.25, 0.3) is 0 Å². The molecule has 6 aromatic carbocycles. The van der Waals surface area contributed by atoms with E-state index in [-0.39, 0.29) is 17.7 Å². The average Bonchev–Trinajstić information content (AvgIpc) is 0.810. The fraction of sp³-hybridized carbons (Fsp3) is 0.165. The van der Waals surface area contributed by atoms with Gasteiger partial charge in [-0.3, -0.25) is 29.3 Å². The van der Waals surface area contributed by atoms with E-state index in [4.69, 9.17) is 19.7 Å². The summed E-state index contributed by atoms with van der Waals surface area (Å²) < 4.78 is 5.43. The summed E-state index contributed by atoms with van der Waals surface area (Å²) in [4.78, 5) is 85.2. The highest BCUT2D eigenvalue weighted by atomic mass is 16.5. The summed E-state index contributed by atoms with van der Waals surface area (Å²) in [5.41, 5.74) is 15.8. The molecule has 15 rings (SSSR count). The number of aromatic nitrogens is 9. The molecule has 12 aromatic rings. The number of amides is 3. The van der Waals surface area contributed by atoms with Gasteiger partial charge < -0.3 is 61.6 Å². The maximum atomic E-state index is 11.7. The maximum absolute atomic E-state index is 11.7. The number of benzene rings is 6. The number of rotatable bonds is 18. The van der Waals surface area contributed by atoms with E-state index < -0.39 is 0 Å². The molecule has 0 bridgehead atoms. The summed E-state index contributed by atoms with van der Waals surface area (Å²) >= 11 is 0. The van der Waals surface area contributed by atoms with E-state index in [2.05, 4.69) is 162 Å². The zero-order valence-corrected chi connectivity index (χ0v) is 56.8. The molecule has 0 spiro atoms. The Morgan fingerprint density at radius 3 is 1.07 bits per heavy atom. The quantitative estimate of drug-likeness (QED) is 0.0393. The lowest BCUT2D eigenvalue weighted by molar-refractivity contribution is -0.112. The Balaban J connectivity index is 0.000000138. The van der Waals surface area contributed by atoms with E-state index in [1.54, 1.807) is 49.6 Å². The van der Waals surface area contributed by atoms with Crippen LogP contribution in [0.2, 0.25) is 0 Å². The minimum Gasteiger partial charge on any atom is -0.378 e. The van der Waals surface area contributed by atoms with Gasteiger partial charge in [-0.05, 0) is 116 Å². The minimum atomic E-state index is -0.287. The van der Waals surface area contributed by atoms with Crippen molar-refractivity contribution in [3.8, 4) is 33.4 Å². The third-order valence-electron chi connectivity index (χ3n) is 17.4. The van der Waals surface area contributed by atoms with Crippen LogP contribution in [0.3, 0.4) is 0 Å². The van der Waals surface area contributed by atoms with Crippen molar-refractivity contribution in [2.75, 3.05) is 132 Å². The van der Waals surface area contributed by atoms with Gasteiger partial charge in [0.05, 0.1) is 65.4 Å². The first kappa shape index (κ1) is 68.6. The standard InChI is InChI=1S/C27H27N7O.C26H25N7O.C26H24N6O2/c1-3-25(35)30-22-15-20(16-28-18-22)24-6-4-5-19-17-29-27(32-26(19)24)31-21-7-9-23(10-8-21)34-13-11-33(2)12-14-34;1-2-24(34)30-21-14-19(15-28-17-21)23-5-3-4-18-16-29-26(32-25(18)23)31-20-6-8-22(9-7-20)33-12-10-27-11-13-33;1-2-24(33)29-21-14-19(15-27-17-21)23-5-3-4-18-16-28-26(31-25(18)23)30-20-6-8-22(9-7-20)32-10-12-34-13-11-32/h3-10,15-18H,1,11-14H2,2H3,(H,30,35)(H,29,31,32);2-9,14-17,27H,1,10-13H2,(H,30,34)(H,29,31,32);2-9,14-17H,1,10-13H2,(H,29,33)(H,28,30,31). The third kappa shape index (κ3) is 17.6. The molecule has 9 heterocycles. The van der Waals surface area contributed by atoms with Crippen molar-refractivity contribution < 1.29 is 19.1 Å². The summed E-state index contributed by atoms with van der Waals surface area (Å²) in [7, 11) is 2.16. The fourth-order valence-electron chi connectivity index (χ4n) is 12.1. The molecule has 3 fully saturated rings. The predicted octanol–water partition coefficient (Wildman–Crippen LogP) is 12.7. The SMILES string of the molecule is C=CC(=O)Nc1cncc(-c2cccc3cnc(Nc4ccc(N5CCN(C)CC5)cc4)nc23)c1.C=CC(=O)Nc1cncc(-c2cccc3cnc(Nc4ccc(N5CCNCC5)cc4)nc23)c1.C=CC(=O)Nc1cncc(-c2cccc3cnc(Nc4ccc(N5CCOCC5)cc4)nc23)c1. The molecule has 7 N–H and O–H groups in total. The summed E-state index contributed by atoms with van der Waals surface area (Å²) in [5.74, 6) is 0.678. The summed E-state index contributed by atoms with van der Waals surface area (Å²) in [6, 6.07) is 48.3. The first-order valence-corrected chi connectivity index (χ1v) is 33.7. The number of pyridine rings is 3. The maximum Gasteiger partial charge on any atom is 0.247 e. The van der Waals surface area contributed by atoms with Crippen molar-refractivity contribution in [2.24, 2.45) is 0 Å². The molecule has 0 atom stereocenters. The number of ether oxygens (including phenoxy) is 1. The second-order valence-corrected chi connectivity index (χ2v) is 24.4. The van der Waals surface area contributed by atoms with E-state index in [9.17, 15) is 14.4 Å². The van der Waals surface area contributed by atoms with Crippen LogP contribution in [-0.2, 0) is 19.1 Å². The van der Waals surface area contributed by atoms with Crippen LogP contribution in [0.1, 0.15) is 0 Å². The number of likely N-dealkylation sites (N-methyl/N-ethyl adjacent to an activating group) is 1. The van der Waals surface area contributed by atoms with Gasteiger partial charge >= 0.3 is 0 Å². The van der Waals surface area contributed by atoms with Crippen molar-refractivity contribution >= 4 is 119 Å². The number of piperazine rings is 2.